The Morgan fingerprint density at radius 2 is 1.95 bits per heavy atom. The Bertz CT molecular complexity index is 592. The largest absolute Gasteiger partial charge is 0.492 e. The minimum absolute atomic E-state index is 0.132. The zero-order valence-corrected chi connectivity index (χ0v) is 13.8. The molecule has 0 bridgehead atoms. The predicted octanol–water partition coefficient (Wildman–Crippen LogP) is 4.70. The first-order valence-electron chi connectivity index (χ1n) is 6.12. The van der Waals surface area contributed by atoms with Crippen LogP contribution in [-0.2, 0) is 6.42 Å². The molecule has 2 N–H and O–H groups in total. The summed E-state index contributed by atoms with van der Waals surface area (Å²) in [5.41, 5.74) is 7.08. The molecule has 5 heteroatoms. The van der Waals surface area contributed by atoms with Crippen LogP contribution in [0.5, 0.6) is 5.75 Å². The van der Waals surface area contributed by atoms with Gasteiger partial charge in [-0.25, -0.2) is 0 Å². The fourth-order valence-electron chi connectivity index (χ4n) is 1.79. The second kappa shape index (κ2) is 7.32. The van der Waals surface area contributed by atoms with Crippen molar-refractivity contribution < 1.29 is 4.74 Å². The Kier molecular flexibility index (Phi) is 5.73. The summed E-state index contributed by atoms with van der Waals surface area (Å²) in [6, 6.07) is 12.9. The number of hydrogen-bond donors (Lipinski definition) is 1. The molecule has 0 saturated carbocycles. The Morgan fingerprint density at radius 1 is 1.15 bits per heavy atom. The smallest absolute Gasteiger partial charge is 0.120 e. The first kappa shape index (κ1) is 15.6. The van der Waals surface area contributed by atoms with Crippen molar-refractivity contribution in [3.05, 3.63) is 62.5 Å². The van der Waals surface area contributed by atoms with Crippen LogP contribution in [0.2, 0.25) is 10.0 Å². The lowest BCUT2D eigenvalue weighted by molar-refractivity contribution is 0.287. The highest BCUT2D eigenvalue weighted by molar-refractivity contribution is 9.10. The van der Waals surface area contributed by atoms with Gasteiger partial charge in [-0.3, -0.25) is 0 Å². The van der Waals surface area contributed by atoms with Gasteiger partial charge in [-0.15, -0.1) is 0 Å². The minimum Gasteiger partial charge on any atom is -0.492 e. The summed E-state index contributed by atoms with van der Waals surface area (Å²) in [5.74, 6) is 0.717. The summed E-state index contributed by atoms with van der Waals surface area (Å²) in [4.78, 5) is 0. The zero-order valence-electron chi connectivity index (χ0n) is 10.7. The van der Waals surface area contributed by atoms with E-state index in [2.05, 4.69) is 15.9 Å². The van der Waals surface area contributed by atoms with Gasteiger partial charge in [-0.2, -0.15) is 0 Å². The summed E-state index contributed by atoms with van der Waals surface area (Å²) in [7, 11) is 0. The molecule has 1 atom stereocenters. The van der Waals surface area contributed by atoms with E-state index in [4.69, 9.17) is 33.7 Å². The molecule has 2 aromatic carbocycles. The topological polar surface area (TPSA) is 35.2 Å². The first-order chi connectivity index (χ1) is 9.54. The van der Waals surface area contributed by atoms with Gasteiger partial charge in [0, 0.05) is 20.6 Å². The van der Waals surface area contributed by atoms with Crippen molar-refractivity contribution in [2.45, 2.75) is 12.5 Å². The van der Waals surface area contributed by atoms with E-state index in [-0.39, 0.29) is 6.04 Å². The van der Waals surface area contributed by atoms with Gasteiger partial charge in [0.05, 0.1) is 0 Å². The summed E-state index contributed by atoms with van der Waals surface area (Å²) in [6.07, 6.45) is 0.659. The van der Waals surface area contributed by atoms with Crippen molar-refractivity contribution in [2.24, 2.45) is 5.73 Å². The normalized spacial score (nSPS) is 12.2. The van der Waals surface area contributed by atoms with E-state index in [1.165, 1.54) is 0 Å². The van der Waals surface area contributed by atoms with Gasteiger partial charge in [-0.1, -0.05) is 51.3 Å². The second-order valence-corrected chi connectivity index (χ2v) is 6.23. The van der Waals surface area contributed by atoms with E-state index in [1.54, 1.807) is 12.1 Å². The van der Waals surface area contributed by atoms with Crippen molar-refractivity contribution in [1.29, 1.82) is 0 Å². The molecule has 0 heterocycles. The van der Waals surface area contributed by atoms with E-state index >= 15 is 0 Å². The molecule has 2 rings (SSSR count). The Morgan fingerprint density at radius 3 is 2.65 bits per heavy atom. The molecule has 0 saturated heterocycles. The van der Waals surface area contributed by atoms with Crippen molar-refractivity contribution in [2.75, 3.05) is 6.61 Å². The summed E-state index contributed by atoms with van der Waals surface area (Å²) in [6.45, 7) is 0.409. The standard InChI is InChI=1S/C15H14BrCl2NO/c16-11-5-4-10(15(18)7-11)6-13(19)9-20-14-3-1-2-12(17)8-14/h1-5,7-8,13H,6,9,19H2. The molecule has 0 aliphatic heterocycles. The lowest BCUT2D eigenvalue weighted by Crippen LogP contribution is -2.30. The van der Waals surface area contributed by atoms with Gasteiger partial charge in [0.2, 0.25) is 0 Å². The van der Waals surface area contributed by atoms with E-state index < -0.39 is 0 Å². The maximum absolute atomic E-state index is 6.17. The molecule has 1 unspecified atom stereocenters. The molecule has 0 spiro atoms. The van der Waals surface area contributed by atoms with Gasteiger partial charge < -0.3 is 10.5 Å². The highest BCUT2D eigenvalue weighted by Gasteiger charge is 2.09. The summed E-state index contributed by atoms with van der Waals surface area (Å²) < 4.78 is 6.58. The maximum atomic E-state index is 6.17. The van der Waals surface area contributed by atoms with Gasteiger partial charge in [0.15, 0.2) is 0 Å². The molecule has 2 nitrogen and oxygen atoms in total. The fraction of sp³-hybridized carbons (Fsp3) is 0.200. The minimum atomic E-state index is -0.132. The van der Waals surface area contributed by atoms with E-state index in [0.717, 1.165) is 15.8 Å². The van der Waals surface area contributed by atoms with Crippen molar-refractivity contribution in [3.63, 3.8) is 0 Å². The fourth-order valence-corrected chi connectivity index (χ4v) is 2.72. The number of ether oxygens (including phenoxy) is 1. The zero-order chi connectivity index (χ0) is 14.5. The van der Waals surface area contributed by atoms with Crippen LogP contribution >= 0.6 is 39.1 Å². The number of hydrogen-bond acceptors (Lipinski definition) is 2. The molecule has 0 aliphatic carbocycles. The first-order valence-corrected chi connectivity index (χ1v) is 7.67. The van der Waals surface area contributed by atoms with Crippen LogP contribution in [-0.4, -0.2) is 12.6 Å². The van der Waals surface area contributed by atoms with Gasteiger partial charge in [-0.05, 0) is 42.3 Å². The quantitative estimate of drug-likeness (QED) is 0.822. The van der Waals surface area contributed by atoms with Gasteiger partial charge >= 0.3 is 0 Å². The van der Waals surface area contributed by atoms with Crippen LogP contribution in [0.3, 0.4) is 0 Å². The average Bonchev–Trinajstić information content (AvgIpc) is 2.40. The number of rotatable bonds is 5. The van der Waals surface area contributed by atoms with Gasteiger partial charge in [0.1, 0.15) is 12.4 Å². The number of nitrogens with two attached hydrogens (primary N) is 1. The molecule has 20 heavy (non-hydrogen) atoms. The Hall–Kier alpha value is -0.740. The monoisotopic (exact) mass is 373 g/mol. The molecular formula is C15H14BrCl2NO. The predicted molar refractivity (Wildman–Crippen MR) is 87.8 cm³/mol. The third-order valence-corrected chi connectivity index (χ3v) is 3.84. The molecule has 0 fully saturated rings. The van der Waals surface area contributed by atoms with Crippen molar-refractivity contribution in [1.82, 2.24) is 0 Å². The van der Waals surface area contributed by atoms with Crippen molar-refractivity contribution in [3.8, 4) is 5.75 Å². The molecule has 106 valence electrons. The number of benzene rings is 2. The lowest BCUT2D eigenvalue weighted by atomic mass is 10.1. The highest BCUT2D eigenvalue weighted by Crippen LogP contribution is 2.22. The SMILES string of the molecule is NC(COc1cccc(Cl)c1)Cc1ccc(Br)cc1Cl. The Labute approximate surface area is 137 Å². The molecular weight excluding hydrogens is 361 g/mol. The van der Waals surface area contributed by atoms with E-state index in [0.29, 0.717) is 23.1 Å². The molecule has 0 aliphatic rings. The molecule has 2 aromatic rings. The molecule has 0 aromatic heterocycles. The molecule has 0 radical (unpaired) electrons. The van der Waals surface area contributed by atoms with E-state index in [9.17, 15) is 0 Å². The van der Waals surface area contributed by atoms with Crippen LogP contribution in [0, 0.1) is 0 Å². The number of halogens is 3. The van der Waals surface area contributed by atoms with Crippen LogP contribution in [0.1, 0.15) is 5.56 Å². The lowest BCUT2D eigenvalue weighted by Gasteiger charge is -2.14. The summed E-state index contributed by atoms with van der Waals surface area (Å²) >= 11 is 15.4. The van der Waals surface area contributed by atoms with Crippen LogP contribution < -0.4 is 10.5 Å². The van der Waals surface area contributed by atoms with Crippen LogP contribution in [0.4, 0.5) is 0 Å². The van der Waals surface area contributed by atoms with Crippen LogP contribution in [0.25, 0.3) is 0 Å². The Balaban J connectivity index is 1.90. The maximum Gasteiger partial charge on any atom is 0.120 e. The third kappa shape index (κ3) is 4.67. The van der Waals surface area contributed by atoms with E-state index in [1.807, 2.05) is 30.3 Å². The van der Waals surface area contributed by atoms with Gasteiger partial charge in [0.25, 0.3) is 0 Å². The van der Waals surface area contributed by atoms with Crippen molar-refractivity contribution >= 4 is 39.1 Å². The second-order valence-electron chi connectivity index (χ2n) is 4.47. The van der Waals surface area contributed by atoms with Crippen LogP contribution in [0.15, 0.2) is 46.9 Å². The third-order valence-electron chi connectivity index (χ3n) is 2.76. The average molecular weight is 375 g/mol. The summed E-state index contributed by atoms with van der Waals surface area (Å²) in [5, 5.41) is 1.35. The highest BCUT2D eigenvalue weighted by atomic mass is 79.9. The molecule has 0 amide bonds.